The zero-order chi connectivity index (χ0) is 15.2. The van der Waals surface area contributed by atoms with Gasteiger partial charge < -0.3 is 10.1 Å². The first-order valence-corrected chi connectivity index (χ1v) is 7.87. The van der Waals surface area contributed by atoms with Gasteiger partial charge in [0.15, 0.2) is 0 Å². The molecule has 1 atom stereocenters. The van der Waals surface area contributed by atoms with Crippen LogP contribution < -0.4 is 10.1 Å². The first kappa shape index (κ1) is 15.0. The van der Waals surface area contributed by atoms with E-state index in [0.29, 0.717) is 12.6 Å². The van der Waals surface area contributed by atoms with Gasteiger partial charge in [-0.3, -0.25) is 9.88 Å². The average molecular weight is 297 g/mol. The summed E-state index contributed by atoms with van der Waals surface area (Å²) in [7, 11) is 0. The summed E-state index contributed by atoms with van der Waals surface area (Å²) < 4.78 is 5.79. The second-order valence-corrected chi connectivity index (χ2v) is 5.82. The maximum atomic E-state index is 5.79. The quantitative estimate of drug-likeness (QED) is 0.920. The molecule has 0 amide bonds. The summed E-state index contributed by atoms with van der Waals surface area (Å²) in [4.78, 5) is 6.61. The van der Waals surface area contributed by atoms with Gasteiger partial charge in [-0.2, -0.15) is 0 Å². The SMILES string of the molecule is C[C@@H]1CNCCN1Cc1ccc(OCc2cccnc2)cc1. The number of hydrogen-bond acceptors (Lipinski definition) is 4. The van der Waals surface area contributed by atoms with Gasteiger partial charge in [0.25, 0.3) is 0 Å². The minimum atomic E-state index is 0.558. The van der Waals surface area contributed by atoms with Crippen LogP contribution >= 0.6 is 0 Å². The minimum Gasteiger partial charge on any atom is -0.489 e. The Labute approximate surface area is 132 Å². The molecule has 22 heavy (non-hydrogen) atoms. The molecule has 3 rings (SSSR count). The number of nitrogens with one attached hydrogen (secondary N) is 1. The molecule has 1 aromatic carbocycles. The van der Waals surface area contributed by atoms with Crippen LogP contribution in [0, 0.1) is 0 Å². The highest BCUT2D eigenvalue weighted by Gasteiger charge is 2.17. The molecule has 0 unspecified atom stereocenters. The van der Waals surface area contributed by atoms with Crippen molar-refractivity contribution >= 4 is 0 Å². The third-order valence-corrected chi connectivity index (χ3v) is 4.08. The topological polar surface area (TPSA) is 37.4 Å². The van der Waals surface area contributed by atoms with Crippen molar-refractivity contribution in [2.45, 2.75) is 26.1 Å². The molecule has 1 saturated heterocycles. The Morgan fingerprint density at radius 3 is 2.82 bits per heavy atom. The van der Waals surface area contributed by atoms with Crippen LogP contribution in [-0.4, -0.2) is 35.6 Å². The molecular formula is C18H23N3O. The molecule has 4 heteroatoms. The van der Waals surface area contributed by atoms with Crippen molar-refractivity contribution in [3.05, 3.63) is 59.9 Å². The second-order valence-electron chi connectivity index (χ2n) is 5.82. The lowest BCUT2D eigenvalue weighted by molar-refractivity contribution is 0.165. The maximum absolute atomic E-state index is 5.79. The summed E-state index contributed by atoms with van der Waals surface area (Å²) in [6.45, 7) is 7.11. The Morgan fingerprint density at radius 2 is 2.09 bits per heavy atom. The molecule has 1 aromatic heterocycles. The van der Waals surface area contributed by atoms with Gasteiger partial charge in [0.2, 0.25) is 0 Å². The molecule has 0 bridgehead atoms. The zero-order valence-electron chi connectivity index (χ0n) is 13.0. The molecule has 1 aliphatic rings. The van der Waals surface area contributed by atoms with Crippen molar-refractivity contribution in [2.75, 3.05) is 19.6 Å². The lowest BCUT2D eigenvalue weighted by Gasteiger charge is -2.33. The maximum Gasteiger partial charge on any atom is 0.119 e. The molecule has 1 aliphatic heterocycles. The fourth-order valence-corrected chi connectivity index (χ4v) is 2.69. The van der Waals surface area contributed by atoms with Crippen LogP contribution in [0.5, 0.6) is 5.75 Å². The minimum absolute atomic E-state index is 0.558. The normalized spacial score (nSPS) is 19.0. The van der Waals surface area contributed by atoms with E-state index in [2.05, 4.69) is 46.4 Å². The molecule has 0 aliphatic carbocycles. The van der Waals surface area contributed by atoms with Gasteiger partial charge in [0.1, 0.15) is 12.4 Å². The first-order chi connectivity index (χ1) is 10.8. The van der Waals surface area contributed by atoms with E-state index < -0.39 is 0 Å². The number of nitrogens with zero attached hydrogens (tertiary/aromatic N) is 2. The fourth-order valence-electron chi connectivity index (χ4n) is 2.69. The van der Waals surface area contributed by atoms with Gasteiger partial charge in [-0.1, -0.05) is 18.2 Å². The standard InChI is InChI=1S/C18H23N3O/c1-15-11-20-9-10-21(15)13-16-4-6-18(7-5-16)22-14-17-3-2-8-19-12-17/h2-8,12,15,20H,9-11,13-14H2,1H3/t15-/m1/s1. The summed E-state index contributed by atoms with van der Waals surface area (Å²) in [5.41, 5.74) is 2.42. The van der Waals surface area contributed by atoms with Crippen LogP contribution in [0.4, 0.5) is 0 Å². The van der Waals surface area contributed by atoms with Gasteiger partial charge in [-0.05, 0) is 30.7 Å². The van der Waals surface area contributed by atoms with Crippen molar-refractivity contribution in [1.82, 2.24) is 15.2 Å². The van der Waals surface area contributed by atoms with Crippen LogP contribution in [0.2, 0.25) is 0 Å². The smallest absolute Gasteiger partial charge is 0.119 e. The molecule has 2 heterocycles. The Hall–Kier alpha value is -1.91. The van der Waals surface area contributed by atoms with Crippen LogP contribution in [0.1, 0.15) is 18.1 Å². The van der Waals surface area contributed by atoms with Crippen LogP contribution in [-0.2, 0) is 13.2 Å². The zero-order valence-corrected chi connectivity index (χ0v) is 13.0. The Kier molecular flexibility index (Phi) is 5.03. The summed E-state index contributed by atoms with van der Waals surface area (Å²) in [5.74, 6) is 0.904. The summed E-state index contributed by atoms with van der Waals surface area (Å²) in [5, 5.41) is 3.42. The van der Waals surface area contributed by atoms with E-state index in [0.717, 1.165) is 37.5 Å². The third kappa shape index (κ3) is 4.06. The molecule has 1 N–H and O–H groups in total. The molecule has 0 spiro atoms. The number of benzene rings is 1. The average Bonchev–Trinajstić information content (AvgIpc) is 2.57. The molecule has 4 nitrogen and oxygen atoms in total. The molecule has 116 valence electrons. The van der Waals surface area contributed by atoms with Crippen molar-refractivity contribution in [3.8, 4) is 5.75 Å². The fraction of sp³-hybridized carbons (Fsp3) is 0.389. The summed E-state index contributed by atoms with van der Waals surface area (Å²) >= 11 is 0. The monoisotopic (exact) mass is 297 g/mol. The van der Waals surface area contributed by atoms with Gasteiger partial charge >= 0.3 is 0 Å². The van der Waals surface area contributed by atoms with Crippen molar-refractivity contribution < 1.29 is 4.74 Å². The van der Waals surface area contributed by atoms with Gasteiger partial charge in [0, 0.05) is 50.2 Å². The van der Waals surface area contributed by atoms with E-state index in [4.69, 9.17) is 4.74 Å². The molecule has 0 radical (unpaired) electrons. The molecular weight excluding hydrogens is 274 g/mol. The first-order valence-electron chi connectivity index (χ1n) is 7.87. The third-order valence-electron chi connectivity index (χ3n) is 4.08. The largest absolute Gasteiger partial charge is 0.489 e. The lowest BCUT2D eigenvalue weighted by Crippen LogP contribution is -2.49. The highest BCUT2D eigenvalue weighted by Crippen LogP contribution is 2.16. The van der Waals surface area contributed by atoms with Crippen molar-refractivity contribution in [3.63, 3.8) is 0 Å². The van der Waals surface area contributed by atoms with Gasteiger partial charge in [-0.15, -0.1) is 0 Å². The van der Waals surface area contributed by atoms with E-state index in [9.17, 15) is 0 Å². The predicted molar refractivity (Wildman–Crippen MR) is 87.8 cm³/mol. The second kappa shape index (κ2) is 7.38. The van der Waals surface area contributed by atoms with E-state index >= 15 is 0 Å². The molecule has 2 aromatic rings. The Balaban J connectivity index is 1.53. The number of pyridine rings is 1. The van der Waals surface area contributed by atoms with Crippen LogP contribution in [0.3, 0.4) is 0 Å². The number of rotatable bonds is 5. The van der Waals surface area contributed by atoms with E-state index in [1.165, 1.54) is 5.56 Å². The van der Waals surface area contributed by atoms with E-state index in [-0.39, 0.29) is 0 Å². The van der Waals surface area contributed by atoms with Crippen LogP contribution in [0.25, 0.3) is 0 Å². The highest BCUT2D eigenvalue weighted by atomic mass is 16.5. The van der Waals surface area contributed by atoms with Crippen molar-refractivity contribution in [1.29, 1.82) is 0 Å². The van der Waals surface area contributed by atoms with Crippen LogP contribution in [0.15, 0.2) is 48.8 Å². The number of aromatic nitrogens is 1. The molecule has 1 fully saturated rings. The number of hydrogen-bond donors (Lipinski definition) is 1. The van der Waals surface area contributed by atoms with E-state index in [1.807, 2.05) is 18.3 Å². The van der Waals surface area contributed by atoms with Gasteiger partial charge in [-0.25, -0.2) is 0 Å². The van der Waals surface area contributed by atoms with Crippen molar-refractivity contribution in [2.24, 2.45) is 0 Å². The predicted octanol–water partition coefficient (Wildman–Crippen LogP) is 2.45. The summed E-state index contributed by atoms with van der Waals surface area (Å²) in [6.07, 6.45) is 3.61. The number of piperazine rings is 1. The Bertz CT molecular complexity index is 571. The highest BCUT2D eigenvalue weighted by molar-refractivity contribution is 5.27. The Morgan fingerprint density at radius 1 is 1.23 bits per heavy atom. The summed E-state index contributed by atoms with van der Waals surface area (Å²) in [6, 6.07) is 13.0. The number of ether oxygens (including phenoxy) is 1. The molecule has 0 saturated carbocycles. The van der Waals surface area contributed by atoms with E-state index in [1.54, 1.807) is 6.20 Å². The lowest BCUT2D eigenvalue weighted by atomic mass is 10.1. The van der Waals surface area contributed by atoms with Gasteiger partial charge in [0.05, 0.1) is 0 Å².